The zero-order valence-electron chi connectivity index (χ0n) is 16.3. The number of carbonyl (C=O) groups is 1. The Morgan fingerprint density at radius 2 is 1.75 bits per heavy atom. The Balaban J connectivity index is 2.11. The van der Waals surface area contributed by atoms with Gasteiger partial charge in [-0.2, -0.15) is 0 Å². The highest BCUT2D eigenvalue weighted by Crippen LogP contribution is 2.48. The first-order valence-corrected chi connectivity index (χ1v) is 9.58. The van der Waals surface area contributed by atoms with E-state index in [2.05, 4.69) is 5.32 Å². The molecule has 0 spiro atoms. The van der Waals surface area contributed by atoms with Crippen LogP contribution in [0.5, 0.6) is 0 Å². The van der Waals surface area contributed by atoms with Gasteiger partial charge in [-0.25, -0.2) is 4.79 Å². The molecule has 1 N–H and O–H groups in total. The van der Waals surface area contributed by atoms with Crippen molar-refractivity contribution in [1.29, 1.82) is 0 Å². The van der Waals surface area contributed by atoms with Crippen molar-refractivity contribution in [3.8, 4) is 0 Å². The number of hydrogen-bond acceptors (Lipinski definition) is 4. The summed E-state index contributed by atoms with van der Waals surface area (Å²) in [5.41, 5.74) is 1.38. The van der Waals surface area contributed by atoms with Gasteiger partial charge < -0.3 is 5.32 Å². The quantitative estimate of drug-likeness (QED) is 0.800. The highest BCUT2D eigenvalue weighted by Gasteiger charge is 2.43. The van der Waals surface area contributed by atoms with Crippen LogP contribution in [0.15, 0.2) is 45.1 Å². The minimum atomic E-state index is -0.603. The van der Waals surface area contributed by atoms with Crippen molar-refractivity contribution in [2.24, 2.45) is 19.5 Å². The minimum Gasteiger partial charge on any atom is -0.344 e. The number of fused-ring (bicyclic) bond motifs is 1. The summed E-state index contributed by atoms with van der Waals surface area (Å²) in [5, 5.41) is 3.73. The predicted octanol–water partition coefficient (Wildman–Crippen LogP) is 2.94. The second-order valence-corrected chi connectivity index (χ2v) is 8.79. The van der Waals surface area contributed by atoms with Gasteiger partial charge in [0, 0.05) is 42.7 Å². The largest absolute Gasteiger partial charge is 0.344 e. The lowest BCUT2D eigenvalue weighted by molar-refractivity contribution is -0.118. The Labute approximate surface area is 167 Å². The summed E-state index contributed by atoms with van der Waals surface area (Å²) in [6.07, 6.45) is 1.05. The summed E-state index contributed by atoms with van der Waals surface area (Å²) >= 11 is 6.49. The van der Waals surface area contributed by atoms with Gasteiger partial charge in [0.15, 0.2) is 5.78 Å². The molecule has 2 heterocycles. The van der Waals surface area contributed by atoms with Crippen LogP contribution in [0.1, 0.15) is 43.7 Å². The standard InChI is InChI=1S/C21H22ClN3O3/c1-21(2)9-13-16(14(26)10-21)15(11-7-5-6-8-12(11)22)17-18(23-13)24(3)20(28)25(4)19(17)27/h5-8,15,23H,9-10H2,1-4H3. The number of benzene rings is 1. The van der Waals surface area contributed by atoms with E-state index < -0.39 is 17.2 Å². The Kier molecular flexibility index (Phi) is 4.16. The lowest BCUT2D eigenvalue weighted by Gasteiger charge is -2.39. The first-order valence-electron chi connectivity index (χ1n) is 9.20. The van der Waals surface area contributed by atoms with Gasteiger partial charge in [-0.15, -0.1) is 0 Å². The van der Waals surface area contributed by atoms with Crippen LogP contribution in [-0.2, 0) is 18.9 Å². The van der Waals surface area contributed by atoms with Gasteiger partial charge >= 0.3 is 5.69 Å². The highest BCUT2D eigenvalue weighted by molar-refractivity contribution is 6.31. The SMILES string of the molecule is Cn1c2c(c(=O)n(C)c1=O)C(c1ccccc1Cl)C1=C(CC(C)(C)CC1=O)N2. The van der Waals surface area contributed by atoms with Gasteiger partial charge in [-0.1, -0.05) is 43.6 Å². The molecular formula is C21H22ClN3O3. The van der Waals surface area contributed by atoms with Crippen LogP contribution in [0.25, 0.3) is 0 Å². The van der Waals surface area contributed by atoms with Crippen molar-refractivity contribution >= 4 is 23.2 Å². The molecule has 0 amide bonds. The Morgan fingerprint density at radius 1 is 1.07 bits per heavy atom. The monoisotopic (exact) mass is 399 g/mol. The molecule has 2 aliphatic rings. The predicted molar refractivity (Wildman–Crippen MR) is 109 cm³/mol. The summed E-state index contributed by atoms with van der Waals surface area (Å²) in [7, 11) is 3.07. The lowest BCUT2D eigenvalue weighted by Crippen LogP contribution is -2.45. The molecule has 0 bridgehead atoms. The molecular weight excluding hydrogens is 378 g/mol. The molecule has 2 aromatic rings. The number of Topliss-reactive ketones (excluding diaryl/α,β-unsaturated/α-hetero) is 1. The Morgan fingerprint density at radius 3 is 2.43 bits per heavy atom. The second kappa shape index (κ2) is 6.21. The molecule has 146 valence electrons. The van der Waals surface area contributed by atoms with Crippen LogP contribution in [0, 0.1) is 5.41 Å². The van der Waals surface area contributed by atoms with Gasteiger partial charge in [0.05, 0.1) is 5.56 Å². The van der Waals surface area contributed by atoms with E-state index >= 15 is 0 Å². The lowest BCUT2D eigenvalue weighted by atomic mass is 9.69. The van der Waals surface area contributed by atoms with Gasteiger partial charge in [-0.05, 0) is 23.5 Å². The molecule has 4 rings (SSSR count). The van der Waals surface area contributed by atoms with Crippen LogP contribution < -0.4 is 16.6 Å². The second-order valence-electron chi connectivity index (χ2n) is 8.38. The fourth-order valence-electron chi connectivity index (χ4n) is 4.37. The van der Waals surface area contributed by atoms with Crippen molar-refractivity contribution in [2.75, 3.05) is 5.32 Å². The third-order valence-electron chi connectivity index (χ3n) is 5.68. The molecule has 1 atom stereocenters. The number of nitrogens with one attached hydrogen (secondary N) is 1. The van der Waals surface area contributed by atoms with Crippen LogP contribution in [0.3, 0.4) is 0 Å². The zero-order valence-corrected chi connectivity index (χ0v) is 17.1. The summed E-state index contributed by atoms with van der Waals surface area (Å²) in [4.78, 5) is 38.8. The number of ketones is 1. The van der Waals surface area contributed by atoms with Crippen molar-refractivity contribution in [3.05, 3.63) is 72.5 Å². The van der Waals surface area contributed by atoms with Crippen LogP contribution in [-0.4, -0.2) is 14.9 Å². The van der Waals surface area contributed by atoms with Crippen LogP contribution in [0.4, 0.5) is 5.82 Å². The van der Waals surface area contributed by atoms with E-state index in [1.165, 1.54) is 11.6 Å². The molecule has 1 aliphatic carbocycles. The smallest absolute Gasteiger partial charge is 0.332 e. The summed E-state index contributed by atoms with van der Waals surface area (Å²) in [6, 6.07) is 7.24. The van der Waals surface area contributed by atoms with E-state index in [0.29, 0.717) is 40.4 Å². The first kappa shape index (κ1) is 18.7. The van der Waals surface area contributed by atoms with Crippen LogP contribution >= 0.6 is 11.6 Å². The molecule has 1 aliphatic heterocycles. The molecule has 0 radical (unpaired) electrons. The van der Waals surface area contributed by atoms with E-state index in [4.69, 9.17) is 11.6 Å². The minimum absolute atomic E-state index is 0.00484. The molecule has 7 heteroatoms. The van der Waals surface area contributed by atoms with Gasteiger partial charge in [0.25, 0.3) is 5.56 Å². The molecule has 1 aromatic carbocycles. The number of anilines is 1. The normalized spacial score (nSPS) is 20.5. The third-order valence-corrected chi connectivity index (χ3v) is 6.03. The summed E-state index contributed by atoms with van der Waals surface area (Å²) < 4.78 is 2.50. The fraction of sp³-hybridized carbons (Fsp3) is 0.381. The number of carbonyl (C=O) groups excluding carboxylic acids is 1. The summed E-state index contributed by atoms with van der Waals surface area (Å²) in [5.74, 6) is -0.165. The number of rotatable bonds is 1. The Hall–Kier alpha value is -2.60. The first-order chi connectivity index (χ1) is 13.1. The average molecular weight is 400 g/mol. The maximum absolute atomic E-state index is 13.2. The maximum atomic E-state index is 13.2. The maximum Gasteiger partial charge on any atom is 0.332 e. The molecule has 6 nitrogen and oxygen atoms in total. The van der Waals surface area contributed by atoms with Gasteiger partial charge in [0.2, 0.25) is 0 Å². The van der Waals surface area contributed by atoms with Crippen molar-refractivity contribution in [3.63, 3.8) is 0 Å². The van der Waals surface area contributed by atoms with Gasteiger partial charge in [-0.3, -0.25) is 18.7 Å². The number of nitrogens with zero attached hydrogens (tertiary/aromatic N) is 2. The molecule has 0 saturated heterocycles. The van der Waals surface area contributed by atoms with Gasteiger partial charge in [0.1, 0.15) is 5.82 Å². The zero-order chi connectivity index (χ0) is 20.4. The van der Waals surface area contributed by atoms with Crippen molar-refractivity contribution in [1.82, 2.24) is 9.13 Å². The summed E-state index contributed by atoms with van der Waals surface area (Å²) in [6.45, 7) is 4.08. The van der Waals surface area contributed by atoms with E-state index in [-0.39, 0.29) is 11.2 Å². The Bertz CT molecular complexity index is 1170. The molecule has 0 fully saturated rings. The van der Waals surface area contributed by atoms with E-state index in [1.807, 2.05) is 32.0 Å². The topological polar surface area (TPSA) is 73.1 Å². The number of hydrogen-bond donors (Lipinski definition) is 1. The molecule has 28 heavy (non-hydrogen) atoms. The highest BCUT2D eigenvalue weighted by atomic mass is 35.5. The molecule has 1 unspecified atom stereocenters. The molecule has 1 aromatic heterocycles. The number of halogens is 1. The van der Waals surface area contributed by atoms with Crippen molar-refractivity contribution < 1.29 is 4.79 Å². The number of aromatic nitrogens is 2. The van der Waals surface area contributed by atoms with E-state index in [0.717, 1.165) is 10.3 Å². The third kappa shape index (κ3) is 2.66. The van der Waals surface area contributed by atoms with Crippen molar-refractivity contribution in [2.45, 2.75) is 32.6 Å². The van der Waals surface area contributed by atoms with E-state index in [1.54, 1.807) is 13.1 Å². The average Bonchev–Trinajstić information content (AvgIpc) is 2.62. The molecule has 0 saturated carbocycles. The number of allylic oxidation sites excluding steroid dienone is 2. The van der Waals surface area contributed by atoms with E-state index in [9.17, 15) is 14.4 Å². The fourth-order valence-corrected chi connectivity index (χ4v) is 4.62. The van der Waals surface area contributed by atoms with Crippen LogP contribution in [0.2, 0.25) is 5.02 Å².